The van der Waals surface area contributed by atoms with Crippen molar-refractivity contribution in [3.63, 3.8) is 0 Å². The van der Waals surface area contributed by atoms with Crippen molar-refractivity contribution in [2.45, 2.75) is 38.5 Å². The first kappa shape index (κ1) is 17.9. The molecule has 1 saturated carbocycles. The van der Waals surface area contributed by atoms with E-state index in [0.717, 1.165) is 18.5 Å². The van der Waals surface area contributed by atoms with Gasteiger partial charge in [0.2, 0.25) is 0 Å². The summed E-state index contributed by atoms with van der Waals surface area (Å²) in [4.78, 5) is 10.3. The van der Waals surface area contributed by atoms with Crippen LogP contribution in [-0.2, 0) is 0 Å². The van der Waals surface area contributed by atoms with E-state index in [1.807, 2.05) is 0 Å². The molecule has 0 heterocycles. The first-order chi connectivity index (χ1) is 11.0. The molecule has 0 aromatic heterocycles. The predicted molar refractivity (Wildman–Crippen MR) is 94.4 cm³/mol. The van der Waals surface area contributed by atoms with Crippen molar-refractivity contribution in [1.29, 1.82) is 0 Å². The molecule has 1 aromatic carbocycles. The third-order valence-corrected chi connectivity index (χ3v) is 4.39. The van der Waals surface area contributed by atoms with Gasteiger partial charge in [-0.15, -0.1) is 0 Å². The Balaban J connectivity index is 1.87. The van der Waals surface area contributed by atoms with Crippen molar-refractivity contribution in [2.75, 3.05) is 11.9 Å². The maximum absolute atomic E-state index is 10.8. The van der Waals surface area contributed by atoms with Gasteiger partial charge in [0.05, 0.1) is 4.92 Å². The van der Waals surface area contributed by atoms with Crippen molar-refractivity contribution in [3.8, 4) is 0 Å². The van der Waals surface area contributed by atoms with E-state index in [9.17, 15) is 10.1 Å². The molecule has 0 aliphatic heterocycles. The lowest BCUT2D eigenvalue weighted by molar-refractivity contribution is -0.403. The molecule has 1 aliphatic carbocycles. The first-order valence-corrected chi connectivity index (χ1v) is 8.61. The highest BCUT2D eigenvalue weighted by Crippen LogP contribution is 2.28. The van der Waals surface area contributed by atoms with Crippen LogP contribution in [0.2, 0.25) is 10.0 Å². The van der Waals surface area contributed by atoms with Gasteiger partial charge in [-0.2, -0.15) is 0 Å². The second-order valence-electron chi connectivity index (χ2n) is 5.83. The molecule has 0 radical (unpaired) electrons. The summed E-state index contributed by atoms with van der Waals surface area (Å²) < 4.78 is 0. The zero-order valence-electron chi connectivity index (χ0n) is 12.9. The second-order valence-corrected chi connectivity index (χ2v) is 6.70. The third kappa shape index (κ3) is 6.67. The van der Waals surface area contributed by atoms with Crippen LogP contribution in [-0.4, -0.2) is 11.5 Å². The molecule has 0 atom stereocenters. The Morgan fingerprint density at radius 1 is 1.26 bits per heavy atom. The number of anilines is 1. The van der Waals surface area contributed by atoms with Crippen LogP contribution in [0.3, 0.4) is 0 Å². The maximum atomic E-state index is 10.8. The number of nitro groups is 1. The van der Waals surface area contributed by atoms with Crippen LogP contribution in [0.1, 0.15) is 38.5 Å². The predicted octanol–water partition coefficient (Wildman–Crippen LogP) is 5.04. The van der Waals surface area contributed by atoms with Gasteiger partial charge in [-0.05, 0) is 37.0 Å². The first-order valence-electron chi connectivity index (χ1n) is 7.85. The van der Waals surface area contributed by atoms with Crippen LogP contribution < -0.4 is 10.6 Å². The monoisotopic (exact) mass is 357 g/mol. The average Bonchev–Trinajstić information content (AvgIpc) is 2.94. The van der Waals surface area contributed by atoms with Crippen molar-refractivity contribution in [1.82, 2.24) is 5.32 Å². The number of hydrogen-bond donors (Lipinski definition) is 2. The topological polar surface area (TPSA) is 67.2 Å². The van der Waals surface area contributed by atoms with Crippen LogP contribution in [0.4, 0.5) is 5.69 Å². The van der Waals surface area contributed by atoms with E-state index in [-0.39, 0.29) is 0 Å². The number of rotatable bonds is 8. The molecule has 7 heteroatoms. The summed E-state index contributed by atoms with van der Waals surface area (Å²) in [5.41, 5.74) is 0.610. The Morgan fingerprint density at radius 2 is 1.91 bits per heavy atom. The summed E-state index contributed by atoms with van der Waals surface area (Å²) in [5, 5.41) is 17.8. The molecule has 0 bridgehead atoms. The van der Waals surface area contributed by atoms with Crippen LogP contribution in [0, 0.1) is 16.0 Å². The average molecular weight is 358 g/mol. The highest BCUT2D eigenvalue weighted by molar-refractivity contribution is 6.35. The second kappa shape index (κ2) is 8.99. The van der Waals surface area contributed by atoms with Gasteiger partial charge in [0.1, 0.15) is 0 Å². The SMILES string of the molecule is O=[N+]([O-])/C=C(\NCCCC1CCCC1)Nc1cc(Cl)cc(Cl)c1. The maximum Gasteiger partial charge on any atom is 0.274 e. The van der Waals surface area contributed by atoms with E-state index < -0.39 is 4.92 Å². The molecule has 2 rings (SSSR count). The fourth-order valence-electron chi connectivity index (χ4n) is 2.92. The molecule has 23 heavy (non-hydrogen) atoms. The largest absolute Gasteiger partial charge is 0.366 e. The molecule has 1 aliphatic rings. The molecule has 1 aromatic rings. The van der Waals surface area contributed by atoms with E-state index in [0.29, 0.717) is 28.1 Å². The summed E-state index contributed by atoms with van der Waals surface area (Å²) in [5.74, 6) is 1.15. The highest BCUT2D eigenvalue weighted by atomic mass is 35.5. The van der Waals surface area contributed by atoms with E-state index in [1.165, 1.54) is 32.1 Å². The minimum Gasteiger partial charge on any atom is -0.366 e. The molecule has 1 fully saturated rings. The van der Waals surface area contributed by atoms with E-state index in [4.69, 9.17) is 23.2 Å². The Hall–Kier alpha value is -1.46. The molecular formula is C16H21Cl2N3O2. The van der Waals surface area contributed by atoms with Crippen molar-refractivity contribution in [3.05, 3.63) is 50.4 Å². The Bertz CT molecular complexity index is 552. The lowest BCUT2D eigenvalue weighted by atomic mass is 10.0. The van der Waals surface area contributed by atoms with Gasteiger partial charge in [0.25, 0.3) is 6.20 Å². The van der Waals surface area contributed by atoms with Crippen molar-refractivity contribution in [2.24, 2.45) is 5.92 Å². The summed E-state index contributed by atoms with van der Waals surface area (Å²) in [6, 6.07) is 4.95. The number of benzene rings is 1. The van der Waals surface area contributed by atoms with Gasteiger partial charge < -0.3 is 10.6 Å². The van der Waals surface area contributed by atoms with Gasteiger partial charge in [-0.25, -0.2) is 0 Å². The zero-order valence-corrected chi connectivity index (χ0v) is 14.4. The third-order valence-electron chi connectivity index (χ3n) is 3.96. The smallest absolute Gasteiger partial charge is 0.274 e. The standard InChI is InChI=1S/C16H21Cl2N3O2/c17-13-8-14(18)10-15(9-13)20-16(11-21(22)23)19-7-3-6-12-4-1-2-5-12/h8-12,19-20H,1-7H2/b16-11+. The molecule has 0 spiro atoms. The molecule has 5 nitrogen and oxygen atoms in total. The Kier molecular flexibility index (Phi) is 6.99. The van der Waals surface area contributed by atoms with E-state index >= 15 is 0 Å². The normalized spacial score (nSPS) is 15.7. The van der Waals surface area contributed by atoms with Gasteiger partial charge in [-0.3, -0.25) is 10.1 Å². The van der Waals surface area contributed by atoms with Gasteiger partial charge in [-0.1, -0.05) is 48.9 Å². The molecule has 2 N–H and O–H groups in total. The molecule has 0 unspecified atom stereocenters. The lowest BCUT2D eigenvalue weighted by Gasteiger charge is -2.13. The quantitative estimate of drug-likeness (QED) is 0.388. The fourth-order valence-corrected chi connectivity index (χ4v) is 3.45. The summed E-state index contributed by atoms with van der Waals surface area (Å²) in [6.07, 6.45) is 8.39. The number of nitrogens with zero attached hydrogens (tertiary/aromatic N) is 1. The molecule has 126 valence electrons. The molecule has 0 saturated heterocycles. The van der Waals surface area contributed by atoms with Gasteiger partial charge in [0, 0.05) is 22.3 Å². The van der Waals surface area contributed by atoms with Crippen LogP contribution in [0.5, 0.6) is 0 Å². The minimum atomic E-state index is -0.488. The lowest BCUT2D eigenvalue weighted by Crippen LogP contribution is -2.22. The Labute approximate surface area is 146 Å². The number of nitrogens with one attached hydrogen (secondary N) is 2. The number of hydrogen-bond acceptors (Lipinski definition) is 4. The van der Waals surface area contributed by atoms with Crippen molar-refractivity contribution >= 4 is 28.9 Å². The van der Waals surface area contributed by atoms with E-state index in [1.54, 1.807) is 18.2 Å². The Morgan fingerprint density at radius 3 is 2.52 bits per heavy atom. The van der Waals surface area contributed by atoms with Crippen molar-refractivity contribution < 1.29 is 4.92 Å². The van der Waals surface area contributed by atoms with Gasteiger partial charge >= 0.3 is 0 Å². The zero-order chi connectivity index (χ0) is 16.7. The highest BCUT2D eigenvalue weighted by Gasteiger charge is 2.14. The summed E-state index contributed by atoms with van der Waals surface area (Å²) in [7, 11) is 0. The van der Waals surface area contributed by atoms with Crippen LogP contribution >= 0.6 is 23.2 Å². The minimum absolute atomic E-state index is 0.333. The summed E-state index contributed by atoms with van der Waals surface area (Å²) >= 11 is 11.9. The van der Waals surface area contributed by atoms with Crippen LogP contribution in [0.15, 0.2) is 30.2 Å². The van der Waals surface area contributed by atoms with Crippen LogP contribution in [0.25, 0.3) is 0 Å². The summed E-state index contributed by atoms with van der Waals surface area (Å²) in [6.45, 7) is 0.692. The van der Waals surface area contributed by atoms with E-state index in [2.05, 4.69) is 10.6 Å². The number of halogens is 2. The van der Waals surface area contributed by atoms with Gasteiger partial charge in [0.15, 0.2) is 5.82 Å². The molecule has 0 amide bonds. The molecular weight excluding hydrogens is 337 g/mol. The fraction of sp³-hybridized carbons (Fsp3) is 0.500.